The van der Waals surface area contributed by atoms with Crippen molar-refractivity contribution in [3.8, 4) is 0 Å². The third-order valence-corrected chi connectivity index (χ3v) is 7.33. The van der Waals surface area contributed by atoms with Crippen LogP contribution in [0.5, 0.6) is 0 Å². The summed E-state index contributed by atoms with van der Waals surface area (Å²) in [6, 6.07) is 30.6. The van der Waals surface area contributed by atoms with Gasteiger partial charge in [-0.1, -0.05) is 79.7 Å². The number of anilines is 2. The van der Waals surface area contributed by atoms with Crippen LogP contribution < -0.4 is 20.4 Å². The molecule has 0 unspecified atom stereocenters. The Labute approximate surface area is 198 Å². The third kappa shape index (κ3) is 6.23. The number of nitrogens with zero attached hydrogens (tertiary/aromatic N) is 2. The zero-order chi connectivity index (χ0) is 21.2. The minimum atomic E-state index is -0.379. The van der Waals surface area contributed by atoms with Crippen LogP contribution in [-0.4, -0.2) is 19.3 Å². The predicted molar refractivity (Wildman–Crippen MR) is 130 cm³/mol. The third-order valence-electron chi connectivity index (χ3n) is 4.83. The molecule has 0 saturated carbocycles. The summed E-state index contributed by atoms with van der Waals surface area (Å²) in [5, 5.41) is 2.88. The Morgan fingerprint density at radius 2 is 1.17 bits per heavy atom. The molecule has 0 N–H and O–H groups in total. The molecule has 1 aliphatic rings. The van der Waals surface area contributed by atoms with Gasteiger partial charge in [0.15, 0.2) is 0 Å². The molecule has 1 heterocycles. The number of para-hydroxylation sites is 2. The van der Waals surface area contributed by atoms with Crippen LogP contribution in [0.4, 0.5) is 11.4 Å². The van der Waals surface area contributed by atoms with Gasteiger partial charge in [-0.25, -0.2) is 0 Å². The number of benzene rings is 3. The second-order valence-corrected chi connectivity index (χ2v) is 11.5. The van der Waals surface area contributed by atoms with Gasteiger partial charge in [0.05, 0.1) is 11.4 Å². The van der Waals surface area contributed by atoms with Crippen molar-refractivity contribution in [2.45, 2.75) is 13.3 Å². The Morgan fingerprint density at radius 3 is 1.63 bits per heavy atom. The van der Waals surface area contributed by atoms with Crippen molar-refractivity contribution < 1.29 is 15.9 Å². The van der Waals surface area contributed by atoms with Crippen LogP contribution in [-0.2, 0) is 15.9 Å². The Balaban J connectivity index is 0.000000806. The number of halogens is 2. The Hall–Kier alpha value is -1.07. The molecule has 0 saturated heterocycles. The van der Waals surface area contributed by atoms with Gasteiger partial charge in [0, 0.05) is 13.1 Å². The molecule has 30 heavy (non-hydrogen) atoms. The Bertz CT molecular complexity index is 843. The van der Waals surface area contributed by atoms with Gasteiger partial charge in [-0.05, 0) is 43.2 Å². The van der Waals surface area contributed by atoms with Crippen molar-refractivity contribution in [3.63, 3.8) is 0 Å². The van der Waals surface area contributed by atoms with Crippen molar-refractivity contribution in [3.05, 3.63) is 91.6 Å². The summed E-state index contributed by atoms with van der Waals surface area (Å²) in [4.78, 5) is 4.58. The van der Waals surface area contributed by atoms with Crippen molar-refractivity contribution in [1.29, 1.82) is 0 Å². The van der Waals surface area contributed by atoms with Gasteiger partial charge >= 0.3 is 35.0 Å². The minimum absolute atomic E-state index is 0.106. The average molecular weight is 550 g/mol. The first-order valence-corrected chi connectivity index (χ1v) is 15.4. The van der Waals surface area contributed by atoms with Gasteiger partial charge in [-0.2, -0.15) is 0 Å². The van der Waals surface area contributed by atoms with E-state index >= 15 is 0 Å². The predicted octanol–water partition coefficient (Wildman–Crippen LogP) is 6.23. The SMILES string of the molecule is CCCN1[C]N(CCP(c2ccccc2)c2ccccc2)c2ccccc21.[Cl][Pd][Cl]. The molecule has 3 aromatic rings. The van der Waals surface area contributed by atoms with E-state index in [9.17, 15) is 0 Å². The molecule has 0 amide bonds. The van der Waals surface area contributed by atoms with Crippen molar-refractivity contribution in [2.75, 3.05) is 29.1 Å². The number of hydrogen-bond acceptors (Lipinski definition) is 2. The molecule has 0 bridgehead atoms. The molecule has 0 atom stereocenters. The van der Waals surface area contributed by atoms with E-state index in [1.165, 1.54) is 22.0 Å². The first kappa shape index (κ1) is 23.6. The fourth-order valence-electron chi connectivity index (χ4n) is 3.56. The first-order chi connectivity index (χ1) is 14.8. The van der Waals surface area contributed by atoms with E-state index in [0.717, 1.165) is 25.7 Å². The maximum atomic E-state index is 4.81. The first-order valence-electron chi connectivity index (χ1n) is 9.89. The molecule has 4 rings (SSSR count). The summed E-state index contributed by atoms with van der Waals surface area (Å²) in [5.74, 6) is 0. The quantitative estimate of drug-likeness (QED) is 0.255. The molecule has 1 aliphatic heterocycles. The van der Waals surface area contributed by atoms with Crippen LogP contribution in [0.3, 0.4) is 0 Å². The summed E-state index contributed by atoms with van der Waals surface area (Å²) < 4.78 is 0. The molecule has 0 fully saturated rings. The molecule has 0 aliphatic carbocycles. The van der Waals surface area contributed by atoms with Crippen molar-refractivity contribution in [1.82, 2.24) is 0 Å². The molecule has 2 radical (unpaired) electrons. The van der Waals surface area contributed by atoms with Crippen LogP contribution in [0.2, 0.25) is 0 Å². The number of rotatable bonds is 7. The van der Waals surface area contributed by atoms with E-state index < -0.39 is 0 Å². The maximum absolute atomic E-state index is 4.81. The Kier molecular flexibility index (Phi) is 9.99. The fraction of sp³-hybridized carbons (Fsp3) is 0.208. The topological polar surface area (TPSA) is 6.48 Å². The molecule has 0 spiro atoms. The second-order valence-electron chi connectivity index (χ2n) is 6.76. The molecule has 2 nitrogen and oxygen atoms in total. The summed E-state index contributed by atoms with van der Waals surface area (Å²) in [6.07, 6.45) is 2.24. The normalized spacial score (nSPS) is 12.7. The van der Waals surface area contributed by atoms with Gasteiger partial charge in [0.25, 0.3) is 0 Å². The molecular weight excluding hydrogens is 525 g/mol. The van der Waals surface area contributed by atoms with Crippen molar-refractivity contribution in [2.24, 2.45) is 0 Å². The van der Waals surface area contributed by atoms with Crippen LogP contribution in [0.15, 0.2) is 84.9 Å². The molecular formula is C24H25Cl2N2PPd. The van der Waals surface area contributed by atoms with Gasteiger partial charge < -0.3 is 9.80 Å². The summed E-state index contributed by atoms with van der Waals surface area (Å²) in [5.41, 5.74) is 2.56. The van der Waals surface area contributed by atoms with Gasteiger partial charge in [0.1, 0.15) is 0 Å². The van der Waals surface area contributed by atoms with E-state index in [4.69, 9.17) is 19.1 Å². The van der Waals surface area contributed by atoms with Crippen LogP contribution in [0.1, 0.15) is 13.3 Å². The van der Waals surface area contributed by atoms with Gasteiger partial charge in [0.2, 0.25) is 6.67 Å². The number of fused-ring (bicyclic) bond motifs is 1. The monoisotopic (exact) mass is 548 g/mol. The zero-order valence-electron chi connectivity index (χ0n) is 16.8. The van der Waals surface area contributed by atoms with Gasteiger partial charge in [-0.3, -0.25) is 0 Å². The molecule has 0 aromatic heterocycles. The Morgan fingerprint density at radius 1 is 0.733 bits per heavy atom. The number of hydrogen-bond donors (Lipinski definition) is 0. The summed E-state index contributed by atoms with van der Waals surface area (Å²) in [7, 11) is 9.25. The average Bonchev–Trinajstić information content (AvgIpc) is 3.14. The fourth-order valence-corrected chi connectivity index (χ4v) is 5.84. The van der Waals surface area contributed by atoms with Crippen molar-refractivity contribution >= 4 is 49.0 Å². The zero-order valence-corrected chi connectivity index (χ0v) is 20.8. The van der Waals surface area contributed by atoms with Crippen LogP contribution in [0.25, 0.3) is 0 Å². The van der Waals surface area contributed by atoms with E-state index in [0.29, 0.717) is 0 Å². The summed E-state index contributed by atoms with van der Waals surface area (Å²) in [6.45, 7) is 7.80. The molecule has 3 aromatic carbocycles. The van der Waals surface area contributed by atoms with E-state index in [1.54, 1.807) is 0 Å². The van der Waals surface area contributed by atoms with E-state index in [1.807, 2.05) is 0 Å². The van der Waals surface area contributed by atoms with Gasteiger partial charge in [-0.15, -0.1) is 0 Å². The summed E-state index contributed by atoms with van der Waals surface area (Å²) >= 11 is -0.106. The van der Waals surface area contributed by atoms with E-state index in [-0.39, 0.29) is 23.9 Å². The van der Waals surface area contributed by atoms with Crippen LogP contribution in [0, 0.1) is 6.67 Å². The van der Waals surface area contributed by atoms with Crippen LogP contribution >= 0.6 is 27.0 Å². The molecule has 160 valence electrons. The standard InChI is InChI=1S/C24H25N2P.2ClH.Pd/c1-2-17-25-20-26(24-16-10-9-15-23(24)25)18-19-27(21-11-5-3-6-12-21)22-13-7-4-8-14-22;;;/h3-16H,2,17-19H2,1H3;2*1H;/q;;;+2/p-2. The van der Waals surface area contributed by atoms with E-state index in [2.05, 4.69) is 108 Å². The second kappa shape index (κ2) is 12.7. The molecule has 6 heteroatoms.